The lowest BCUT2D eigenvalue weighted by molar-refractivity contribution is 0.0952. The second-order valence-corrected chi connectivity index (χ2v) is 5.66. The highest BCUT2D eigenvalue weighted by Crippen LogP contribution is 2.32. The molecule has 6 nitrogen and oxygen atoms in total. The van der Waals surface area contributed by atoms with Gasteiger partial charge in [0.05, 0.1) is 22.0 Å². The minimum atomic E-state index is -0.516. The molecule has 0 aliphatic rings. The van der Waals surface area contributed by atoms with Crippen LogP contribution in [0.15, 0.2) is 41.5 Å². The summed E-state index contributed by atoms with van der Waals surface area (Å²) in [6.07, 6.45) is 1.43. The fourth-order valence-electron chi connectivity index (χ4n) is 1.83. The zero-order valence-electron chi connectivity index (χ0n) is 12.3. The van der Waals surface area contributed by atoms with E-state index in [1.807, 2.05) is 29.5 Å². The molecule has 0 aliphatic carbocycles. The highest BCUT2D eigenvalue weighted by atomic mass is 127. The number of para-hydroxylation sites is 1. The van der Waals surface area contributed by atoms with Crippen LogP contribution in [0.2, 0.25) is 0 Å². The van der Waals surface area contributed by atoms with Gasteiger partial charge in [-0.2, -0.15) is 5.10 Å². The van der Waals surface area contributed by atoms with Gasteiger partial charge in [-0.3, -0.25) is 4.79 Å². The minimum Gasteiger partial charge on any atom is -0.507 e. The Hall–Kier alpha value is -2.29. The van der Waals surface area contributed by atoms with Crippen LogP contribution in [-0.2, 0) is 0 Å². The highest BCUT2D eigenvalue weighted by Gasteiger charge is 2.10. The van der Waals surface area contributed by atoms with Crippen LogP contribution in [0.5, 0.6) is 17.2 Å². The maximum atomic E-state index is 11.9. The van der Waals surface area contributed by atoms with Crippen LogP contribution in [0, 0.1) is 3.57 Å². The van der Waals surface area contributed by atoms with Crippen LogP contribution in [0.3, 0.4) is 0 Å². The molecule has 0 spiro atoms. The molecule has 0 radical (unpaired) electrons. The lowest BCUT2D eigenvalue weighted by atomic mass is 10.2. The van der Waals surface area contributed by atoms with Crippen molar-refractivity contribution in [2.24, 2.45) is 5.10 Å². The smallest absolute Gasteiger partial charge is 0.275 e. The zero-order chi connectivity index (χ0) is 16.8. The summed E-state index contributed by atoms with van der Waals surface area (Å²) >= 11 is 1.98. The summed E-state index contributed by atoms with van der Waals surface area (Å²) in [5.74, 6) is -0.202. The Morgan fingerprint density at radius 2 is 2.09 bits per heavy atom. The number of carbonyl (C=O) groups excluding carboxylic acids is 1. The molecule has 0 heterocycles. The number of aromatic hydroxyl groups is 2. The van der Waals surface area contributed by atoms with E-state index in [4.69, 9.17) is 4.74 Å². The van der Waals surface area contributed by atoms with E-state index in [1.165, 1.54) is 18.3 Å². The van der Waals surface area contributed by atoms with E-state index >= 15 is 0 Å². The molecule has 2 aromatic carbocycles. The molecule has 0 aliphatic heterocycles. The summed E-state index contributed by atoms with van der Waals surface area (Å²) in [6, 6.07) is 9.52. The van der Waals surface area contributed by atoms with Crippen molar-refractivity contribution in [2.75, 3.05) is 6.61 Å². The summed E-state index contributed by atoms with van der Waals surface area (Å²) in [5, 5.41) is 23.3. The number of halogens is 1. The number of amides is 1. The van der Waals surface area contributed by atoms with Gasteiger partial charge in [0.25, 0.3) is 5.91 Å². The second kappa shape index (κ2) is 7.82. The molecular formula is C16H15IN2O4. The van der Waals surface area contributed by atoms with Gasteiger partial charge in [0.1, 0.15) is 5.75 Å². The maximum Gasteiger partial charge on any atom is 0.275 e. The molecule has 0 saturated heterocycles. The summed E-state index contributed by atoms with van der Waals surface area (Å²) in [4.78, 5) is 11.9. The van der Waals surface area contributed by atoms with E-state index in [0.29, 0.717) is 21.5 Å². The molecule has 0 unspecified atom stereocenters. The number of hydrogen-bond acceptors (Lipinski definition) is 5. The number of hydrazone groups is 1. The average molecular weight is 426 g/mol. The molecule has 0 bridgehead atoms. The minimum absolute atomic E-state index is 0.0721. The van der Waals surface area contributed by atoms with Gasteiger partial charge in [0.2, 0.25) is 0 Å². The number of carbonyl (C=O) groups is 1. The lowest BCUT2D eigenvalue weighted by Gasteiger charge is -2.08. The van der Waals surface area contributed by atoms with Gasteiger partial charge >= 0.3 is 0 Å². The van der Waals surface area contributed by atoms with Crippen LogP contribution < -0.4 is 10.2 Å². The van der Waals surface area contributed by atoms with Crippen LogP contribution >= 0.6 is 22.6 Å². The number of rotatable bonds is 5. The largest absolute Gasteiger partial charge is 0.507 e. The first-order chi connectivity index (χ1) is 11.0. The molecule has 2 aromatic rings. The van der Waals surface area contributed by atoms with E-state index in [1.54, 1.807) is 24.3 Å². The molecule has 120 valence electrons. The lowest BCUT2D eigenvalue weighted by Crippen LogP contribution is -2.17. The molecule has 0 fully saturated rings. The van der Waals surface area contributed by atoms with Gasteiger partial charge in [-0.05, 0) is 59.3 Å². The topological polar surface area (TPSA) is 91.2 Å². The maximum absolute atomic E-state index is 11.9. The van der Waals surface area contributed by atoms with Crippen molar-refractivity contribution < 1.29 is 19.7 Å². The van der Waals surface area contributed by atoms with Crippen molar-refractivity contribution in [3.05, 3.63) is 51.1 Å². The van der Waals surface area contributed by atoms with E-state index < -0.39 is 5.91 Å². The number of ether oxygens (including phenoxy) is 1. The Bertz CT molecular complexity index is 747. The molecule has 3 N–H and O–H groups in total. The van der Waals surface area contributed by atoms with Crippen molar-refractivity contribution in [1.29, 1.82) is 0 Å². The molecule has 0 aromatic heterocycles. The number of phenols is 2. The Kier molecular flexibility index (Phi) is 5.80. The van der Waals surface area contributed by atoms with Crippen molar-refractivity contribution in [2.45, 2.75) is 6.92 Å². The SMILES string of the molecule is CCOc1cc(C=NNC(=O)c2ccccc2O)cc(I)c1O. The molecule has 7 heteroatoms. The Balaban J connectivity index is 2.12. The Morgan fingerprint density at radius 1 is 1.35 bits per heavy atom. The van der Waals surface area contributed by atoms with Crippen LogP contribution in [0.4, 0.5) is 0 Å². The fraction of sp³-hybridized carbons (Fsp3) is 0.125. The van der Waals surface area contributed by atoms with Gasteiger partial charge in [0.15, 0.2) is 11.5 Å². The van der Waals surface area contributed by atoms with Crippen molar-refractivity contribution in [3.63, 3.8) is 0 Å². The predicted molar refractivity (Wildman–Crippen MR) is 95.2 cm³/mol. The second-order valence-electron chi connectivity index (χ2n) is 4.50. The van der Waals surface area contributed by atoms with Crippen molar-refractivity contribution in [1.82, 2.24) is 5.43 Å². The van der Waals surface area contributed by atoms with Crippen LogP contribution in [0.1, 0.15) is 22.8 Å². The van der Waals surface area contributed by atoms with E-state index in [0.717, 1.165) is 0 Å². The standard InChI is InChI=1S/C16H15IN2O4/c1-2-23-14-8-10(7-12(17)15(14)21)9-18-19-16(22)11-5-3-4-6-13(11)20/h3-9,20-21H,2H2,1H3,(H,19,22). The molecule has 1 amide bonds. The molecular weight excluding hydrogens is 411 g/mol. The van der Waals surface area contributed by atoms with E-state index in [2.05, 4.69) is 10.5 Å². The monoisotopic (exact) mass is 426 g/mol. The van der Waals surface area contributed by atoms with Crippen LogP contribution in [-0.4, -0.2) is 28.9 Å². The summed E-state index contributed by atoms with van der Waals surface area (Å²) in [6.45, 7) is 2.24. The number of phenolic OH excluding ortho intramolecular Hbond substituents is 2. The predicted octanol–water partition coefficient (Wildman–Crippen LogP) is 2.87. The number of nitrogens with one attached hydrogen (secondary N) is 1. The third-order valence-corrected chi connectivity index (χ3v) is 3.70. The third kappa shape index (κ3) is 4.35. The molecule has 0 saturated carbocycles. The summed E-state index contributed by atoms with van der Waals surface area (Å²) in [5.41, 5.74) is 3.14. The van der Waals surface area contributed by atoms with Crippen LogP contribution in [0.25, 0.3) is 0 Å². The van der Waals surface area contributed by atoms with Gasteiger partial charge in [-0.1, -0.05) is 12.1 Å². The van der Waals surface area contributed by atoms with Gasteiger partial charge in [-0.15, -0.1) is 0 Å². The fourth-order valence-corrected chi connectivity index (χ4v) is 2.45. The van der Waals surface area contributed by atoms with E-state index in [-0.39, 0.29) is 17.1 Å². The highest BCUT2D eigenvalue weighted by molar-refractivity contribution is 14.1. The Morgan fingerprint density at radius 3 is 2.78 bits per heavy atom. The summed E-state index contributed by atoms with van der Waals surface area (Å²) < 4.78 is 5.95. The molecule has 0 atom stereocenters. The Labute approximate surface area is 146 Å². The molecule has 23 heavy (non-hydrogen) atoms. The average Bonchev–Trinajstić information content (AvgIpc) is 2.52. The normalized spacial score (nSPS) is 10.7. The van der Waals surface area contributed by atoms with Gasteiger partial charge in [0, 0.05) is 0 Å². The summed E-state index contributed by atoms with van der Waals surface area (Å²) in [7, 11) is 0. The first kappa shape index (κ1) is 17.1. The molecule has 2 rings (SSSR count). The van der Waals surface area contributed by atoms with E-state index in [9.17, 15) is 15.0 Å². The van der Waals surface area contributed by atoms with Gasteiger partial charge < -0.3 is 14.9 Å². The zero-order valence-corrected chi connectivity index (χ0v) is 14.4. The number of benzene rings is 2. The number of hydrogen-bond donors (Lipinski definition) is 3. The first-order valence-electron chi connectivity index (χ1n) is 6.79. The first-order valence-corrected chi connectivity index (χ1v) is 7.87. The number of nitrogens with zero attached hydrogens (tertiary/aromatic N) is 1. The quantitative estimate of drug-likeness (QED) is 0.390. The van der Waals surface area contributed by atoms with Gasteiger partial charge in [-0.25, -0.2) is 5.43 Å². The van der Waals surface area contributed by atoms with Crippen molar-refractivity contribution in [3.8, 4) is 17.2 Å². The third-order valence-electron chi connectivity index (χ3n) is 2.88. The van der Waals surface area contributed by atoms with Crippen molar-refractivity contribution >= 4 is 34.7 Å².